The molecule has 1 fully saturated rings. The number of hydrogen-bond acceptors (Lipinski definition) is 4. The lowest BCUT2D eigenvalue weighted by molar-refractivity contribution is 0.0963. The molecule has 0 radical (unpaired) electrons. The van der Waals surface area contributed by atoms with Crippen molar-refractivity contribution >= 4 is 23.3 Å². The molecule has 6 nitrogen and oxygen atoms in total. The molecule has 0 bridgehead atoms. The summed E-state index contributed by atoms with van der Waals surface area (Å²) in [6, 6.07) is 8.54. The number of nitrogens with zero attached hydrogens (tertiary/aromatic N) is 1. The number of imide groups is 1. The molecule has 0 saturated carbocycles. The van der Waals surface area contributed by atoms with Gasteiger partial charge < -0.3 is 15.5 Å². The Morgan fingerprint density at radius 3 is 2.50 bits per heavy atom. The first-order valence-electron chi connectivity index (χ1n) is 8.16. The summed E-state index contributed by atoms with van der Waals surface area (Å²) in [6.07, 6.45) is 0. The van der Waals surface area contributed by atoms with Gasteiger partial charge in [0.1, 0.15) is 11.6 Å². The average molecular weight is 360 g/mol. The van der Waals surface area contributed by atoms with Gasteiger partial charge in [-0.1, -0.05) is 12.1 Å². The van der Waals surface area contributed by atoms with Crippen molar-refractivity contribution < 1.29 is 18.4 Å². The van der Waals surface area contributed by atoms with Gasteiger partial charge >= 0.3 is 6.03 Å². The third-order valence-electron chi connectivity index (χ3n) is 4.01. The fraction of sp³-hybridized carbons (Fsp3) is 0.222. The van der Waals surface area contributed by atoms with Gasteiger partial charge in [0.2, 0.25) is 0 Å². The lowest BCUT2D eigenvalue weighted by Gasteiger charge is -2.31. The summed E-state index contributed by atoms with van der Waals surface area (Å²) < 4.78 is 27.2. The van der Waals surface area contributed by atoms with E-state index in [1.807, 2.05) is 4.90 Å². The predicted molar refractivity (Wildman–Crippen MR) is 94.4 cm³/mol. The first-order chi connectivity index (χ1) is 12.5. The van der Waals surface area contributed by atoms with E-state index in [-0.39, 0.29) is 11.3 Å². The minimum absolute atomic E-state index is 0.241. The van der Waals surface area contributed by atoms with Gasteiger partial charge in [-0.25, -0.2) is 13.6 Å². The van der Waals surface area contributed by atoms with Gasteiger partial charge in [-0.3, -0.25) is 10.1 Å². The van der Waals surface area contributed by atoms with Crippen molar-refractivity contribution in [1.82, 2.24) is 10.6 Å². The van der Waals surface area contributed by atoms with Gasteiger partial charge in [0.05, 0.1) is 16.9 Å². The summed E-state index contributed by atoms with van der Waals surface area (Å²) >= 11 is 0. The Morgan fingerprint density at radius 2 is 1.77 bits per heavy atom. The quantitative estimate of drug-likeness (QED) is 0.786. The molecule has 2 aromatic carbocycles. The smallest absolute Gasteiger partial charge is 0.326 e. The van der Waals surface area contributed by atoms with Crippen LogP contribution in [0.25, 0.3) is 0 Å². The maximum Gasteiger partial charge on any atom is 0.326 e. The van der Waals surface area contributed by atoms with Crippen LogP contribution < -0.4 is 20.9 Å². The molecule has 0 aromatic heterocycles. The predicted octanol–water partition coefficient (Wildman–Crippen LogP) is 2.34. The maximum atomic E-state index is 13.6. The molecule has 1 saturated heterocycles. The number of piperazine rings is 1. The van der Waals surface area contributed by atoms with Crippen LogP contribution in [0.3, 0.4) is 0 Å². The van der Waals surface area contributed by atoms with Crippen molar-refractivity contribution in [2.24, 2.45) is 0 Å². The first-order valence-corrected chi connectivity index (χ1v) is 8.16. The molecule has 1 aliphatic heterocycles. The van der Waals surface area contributed by atoms with E-state index in [1.165, 1.54) is 30.3 Å². The monoisotopic (exact) mass is 360 g/mol. The molecule has 1 aliphatic rings. The van der Waals surface area contributed by atoms with Crippen LogP contribution in [0.5, 0.6) is 0 Å². The highest BCUT2D eigenvalue weighted by atomic mass is 19.1. The summed E-state index contributed by atoms with van der Waals surface area (Å²) in [4.78, 5) is 26.2. The van der Waals surface area contributed by atoms with E-state index in [0.29, 0.717) is 18.8 Å². The molecule has 0 spiro atoms. The van der Waals surface area contributed by atoms with E-state index in [4.69, 9.17) is 0 Å². The second kappa shape index (κ2) is 7.92. The summed E-state index contributed by atoms with van der Waals surface area (Å²) in [5.74, 6) is -2.12. The van der Waals surface area contributed by atoms with E-state index in [2.05, 4.69) is 16.0 Å². The van der Waals surface area contributed by atoms with Crippen molar-refractivity contribution in [3.05, 3.63) is 59.7 Å². The van der Waals surface area contributed by atoms with Crippen molar-refractivity contribution in [2.75, 3.05) is 36.4 Å². The van der Waals surface area contributed by atoms with Crippen LogP contribution in [0, 0.1) is 11.6 Å². The van der Waals surface area contributed by atoms with Crippen LogP contribution in [0.15, 0.2) is 42.5 Å². The highest BCUT2D eigenvalue weighted by Crippen LogP contribution is 2.27. The van der Waals surface area contributed by atoms with E-state index in [0.717, 1.165) is 19.2 Å². The van der Waals surface area contributed by atoms with Gasteiger partial charge in [-0.15, -0.1) is 0 Å². The highest BCUT2D eigenvalue weighted by molar-refractivity contribution is 6.08. The molecule has 8 heteroatoms. The summed E-state index contributed by atoms with van der Waals surface area (Å²) in [5, 5.41) is 7.74. The Kier molecular flexibility index (Phi) is 5.43. The lowest BCUT2D eigenvalue weighted by Crippen LogP contribution is -2.44. The zero-order valence-electron chi connectivity index (χ0n) is 13.9. The number of rotatable bonds is 3. The standard InChI is InChI=1S/C18H18F2N4O2/c19-12-5-6-16(24-9-7-21-8-10-24)15(11-12)22-18(26)23-17(25)13-3-1-2-4-14(13)20/h1-6,11,21H,7-10H2,(H2,22,23,25,26). The number of halogens is 2. The van der Waals surface area contributed by atoms with E-state index in [1.54, 1.807) is 6.07 Å². The minimum atomic E-state index is -0.874. The van der Waals surface area contributed by atoms with Crippen LogP contribution in [0.4, 0.5) is 25.0 Å². The number of amides is 3. The van der Waals surface area contributed by atoms with Gasteiger partial charge in [0.15, 0.2) is 0 Å². The minimum Gasteiger partial charge on any atom is -0.367 e. The summed E-state index contributed by atoms with van der Waals surface area (Å²) in [5.41, 5.74) is 0.649. The second-order valence-corrected chi connectivity index (χ2v) is 5.79. The number of hydrogen-bond donors (Lipinski definition) is 3. The van der Waals surface area contributed by atoms with E-state index >= 15 is 0 Å². The molecule has 3 N–H and O–H groups in total. The fourth-order valence-corrected chi connectivity index (χ4v) is 2.76. The number of nitrogens with one attached hydrogen (secondary N) is 3. The van der Waals surface area contributed by atoms with Crippen molar-refractivity contribution in [1.29, 1.82) is 0 Å². The van der Waals surface area contributed by atoms with Crippen LogP contribution >= 0.6 is 0 Å². The molecule has 2 aromatic rings. The molecular formula is C18H18F2N4O2. The SMILES string of the molecule is O=C(NC(=O)c1ccccc1F)Nc1cc(F)ccc1N1CCNCC1. The number of urea groups is 1. The first kappa shape index (κ1) is 17.8. The second-order valence-electron chi connectivity index (χ2n) is 5.79. The van der Waals surface area contributed by atoms with E-state index in [9.17, 15) is 18.4 Å². The highest BCUT2D eigenvalue weighted by Gasteiger charge is 2.18. The van der Waals surface area contributed by atoms with E-state index < -0.39 is 23.6 Å². The molecule has 0 unspecified atom stereocenters. The molecule has 136 valence electrons. The normalized spacial score (nSPS) is 14.0. The zero-order valence-corrected chi connectivity index (χ0v) is 13.9. The van der Waals surface area contributed by atoms with Gasteiger partial charge in [0, 0.05) is 26.2 Å². The number of anilines is 2. The Morgan fingerprint density at radius 1 is 1.04 bits per heavy atom. The summed E-state index contributed by atoms with van der Waals surface area (Å²) in [7, 11) is 0. The molecule has 3 rings (SSSR count). The topological polar surface area (TPSA) is 73.5 Å². The Hall–Kier alpha value is -3.00. The molecule has 3 amide bonds. The van der Waals surface area contributed by atoms with Gasteiger partial charge in [-0.2, -0.15) is 0 Å². The Balaban J connectivity index is 1.73. The summed E-state index contributed by atoms with van der Waals surface area (Å²) in [6.45, 7) is 2.95. The van der Waals surface area contributed by atoms with Crippen molar-refractivity contribution in [2.45, 2.75) is 0 Å². The number of benzene rings is 2. The Labute approximate surface area is 149 Å². The largest absolute Gasteiger partial charge is 0.367 e. The van der Waals surface area contributed by atoms with Crippen molar-refractivity contribution in [3.63, 3.8) is 0 Å². The zero-order chi connectivity index (χ0) is 18.5. The molecule has 0 aliphatic carbocycles. The van der Waals surface area contributed by atoms with Crippen LogP contribution in [-0.4, -0.2) is 38.1 Å². The van der Waals surface area contributed by atoms with Crippen LogP contribution in [0.1, 0.15) is 10.4 Å². The fourth-order valence-electron chi connectivity index (χ4n) is 2.76. The average Bonchev–Trinajstić information content (AvgIpc) is 2.62. The van der Waals surface area contributed by atoms with Crippen LogP contribution in [0.2, 0.25) is 0 Å². The third kappa shape index (κ3) is 4.15. The molecule has 1 heterocycles. The number of carbonyl (C=O) groups excluding carboxylic acids is 2. The van der Waals surface area contributed by atoms with Crippen molar-refractivity contribution in [3.8, 4) is 0 Å². The van der Waals surface area contributed by atoms with Gasteiger partial charge in [-0.05, 0) is 30.3 Å². The Bertz CT molecular complexity index is 823. The molecule has 26 heavy (non-hydrogen) atoms. The van der Waals surface area contributed by atoms with Crippen LogP contribution in [-0.2, 0) is 0 Å². The third-order valence-corrected chi connectivity index (χ3v) is 4.01. The lowest BCUT2D eigenvalue weighted by atomic mass is 10.2. The maximum absolute atomic E-state index is 13.6. The number of carbonyl (C=O) groups is 2. The van der Waals surface area contributed by atoms with Gasteiger partial charge in [0.25, 0.3) is 5.91 Å². The molecular weight excluding hydrogens is 342 g/mol. The molecule has 0 atom stereocenters.